The lowest BCUT2D eigenvalue weighted by Crippen LogP contribution is -2.57. The molecule has 3 rings (SSSR count). The molecule has 2 heterocycles. The smallest absolute Gasteiger partial charge is 0.410 e. The van der Waals surface area contributed by atoms with Gasteiger partial charge in [0, 0.05) is 43.7 Å². The number of halogens is 1. The number of rotatable bonds is 3. The second-order valence-electron chi connectivity index (χ2n) is 7.70. The van der Waals surface area contributed by atoms with Crippen LogP contribution < -0.4 is 4.90 Å². The van der Waals surface area contributed by atoms with Crippen molar-refractivity contribution in [3.63, 3.8) is 0 Å². The van der Waals surface area contributed by atoms with Crippen molar-refractivity contribution in [2.24, 2.45) is 0 Å². The van der Waals surface area contributed by atoms with Gasteiger partial charge >= 0.3 is 6.09 Å². The van der Waals surface area contributed by atoms with E-state index in [0.717, 1.165) is 5.39 Å². The Morgan fingerprint density at radius 3 is 2.74 bits per heavy atom. The number of ether oxygens (including phenoxy) is 2. The number of anilines is 1. The highest BCUT2D eigenvalue weighted by molar-refractivity contribution is 5.92. The first-order valence-electron chi connectivity index (χ1n) is 9.07. The van der Waals surface area contributed by atoms with Crippen molar-refractivity contribution >= 4 is 22.7 Å². The molecule has 0 spiro atoms. The second-order valence-corrected chi connectivity index (χ2v) is 7.70. The van der Waals surface area contributed by atoms with E-state index in [0.29, 0.717) is 37.4 Å². The van der Waals surface area contributed by atoms with Crippen molar-refractivity contribution in [3.05, 3.63) is 36.3 Å². The van der Waals surface area contributed by atoms with E-state index in [2.05, 4.69) is 9.88 Å². The van der Waals surface area contributed by atoms with Gasteiger partial charge in [0.25, 0.3) is 0 Å². The minimum Gasteiger partial charge on any atom is -0.444 e. The number of hydrogen-bond acceptors (Lipinski definition) is 5. The largest absolute Gasteiger partial charge is 0.444 e. The zero-order valence-corrected chi connectivity index (χ0v) is 16.2. The van der Waals surface area contributed by atoms with Crippen molar-refractivity contribution in [2.45, 2.75) is 32.4 Å². The van der Waals surface area contributed by atoms with Gasteiger partial charge in [0.15, 0.2) is 0 Å². The molecule has 1 aliphatic rings. The van der Waals surface area contributed by atoms with Crippen LogP contribution in [0.25, 0.3) is 10.8 Å². The van der Waals surface area contributed by atoms with Crippen molar-refractivity contribution < 1.29 is 18.7 Å². The Kier molecular flexibility index (Phi) is 5.51. The van der Waals surface area contributed by atoms with E-state index in [4.69, 9.17) is 9.47 Å². The zero-order chi connectivity index (χ0) is 19.6. The van der Waals surface area contributed by atoms with Crippen molar-refractivity contribution in [1.82, 2.24) is 9.88 Å². The van der Waals surface area contributed by atoms with Crippen LogP contribution in [0.2, 0.25) is 0 Å². The fraction of sp³-hybridized carbons (Fsp3) is 0.500. The van der Waals surface area contributed by atoms with E-state index in [-0.39, 0.29) is 18.0 Å². The Balaban J connectivity index is 1.87. The number of methoxy groups -OCH3 is 1. The molecule has 0 bridgehead atoms. The van der Waals surface area contributed by atoms with E-state index >= 15 is 0 Å². The lowest BCUT2D eigenvalue weighted by atomic mass is 10.1. The predicted molar refractivity (Wildman–Crippen MR) is 103 cm³/mol. The van der Waals surface area contributed by atoms with Crippen LogP contribution in [-0.4, -0.2) is 61.0 Å². The molecule has 1 aliphatic heterocycles. The summed E-state index contributed by atoms with van der Waals surface area (Å²) in [6.07, 6.45) is 1.28. The quantitative estimate of drug-likeness (QED) is 0.823. The molecule has 7 heteroatoms. The van der Waals surface area contributed by atoms with Gasteiger partial charge in [-0.05, 0) is 32.9 Å². The van der Waals surface area contributed by atoms with Gasteiger partial charge in [0.1, 0.15) is 17.2 Å². The van der Waals surface area contributed by atoms with Crippen LogP contribution in [0.3, 0.4) is 0 Å². The average molecular weight is 375 g/mol. The third-order valence-corrected chi connectivity index (χ3v) is 4.50. The van der Waals surface area contributed by atoms with Gasteiger partial charge < -0.3 is 19.3 Å². The molecule has 0 saturated carbocycles. The fourth-order valence-electron chi connectivity index (χ4n) is 3.34. The average Bonchev–Trinajstić information content (AvgIpc) is 2.61. The van der Waals surface area contributed by atoms with Gasteiger partial charge in [0.2, 0.25) is 0 Å². The Morgan fingerprint density at radius 2 is 2.04 bits per heavy atom. The van der Waals surface area contributed by atoms with Crippen LogP contribution >= 0.6 is 0 Å². The second kappa shape index (κ2) is 7.68. The summed E-state index contributed by atoms with van der Waals surface area (Å²) >= 11 is 0. The summed E-state index contributed by atoms with van der Waals surface area (Å²) in [7, 11) is 1.63. The summed E-state index contributed by atoms with van der Waals surface area (Å²) in [5, 5.41) is 1.29. The fourth-order valence-corrected chi connectivity index (χ4v) is 3.34. The van der Waals surface area contributed by atoms with Crippen molar-refractivity contribution in [3.8, 4) is 0 Å². The number of piperazine rings is 1. The number of carbonyl (C=O) groups is 1. The predicted octanol–water partition coefficient (Wildman–Crippen LogP) is 3.45. The molecule has 146 valence electrons. The monoisotopic (exact) mass is 375 g/mol. The molecular weight excluding hydrogens is 349 g/mol. The van der Waals surface area contributed by atoms with Gasteiger partial charge in [0.05, 0.1) is 12.6 Å². The van der Waals surface area contributed by atoms with E-state index < -0.39 is 5.60 Å². The minimum absolute atomic E-state index is 0.0994. The van der Waals surface area contributed by atoms with Gasteiger partial charge in [-0.1, -0.05) is 12.1 Å². The van der Waals surface area contributed by atoms with Crippen LogP contribution in [0.5, 0.6) is 0 Å². The van der Waals surface area contributed by atoms with Crippen LogP contribution in [0.1, 0.15) is 20.8 Å². The van der Waals surface area contributed by atoms with Crippen molar-refractivity contribution in [2.75, 3.05) is 38.3 Å². The van der Waals surface area contributed by atoms with E-state index in [1.54, 1.807) is 30.3 Å². The first-order valence-corrected chi connectivity index (χ1v) is 9.07. The summed E-state index contributed by atoms with van der Waals surface area (Å²) in [5.41, 5.74) is -0.542. The Labute approximate surface area is 158 Å². The van der Waals surface area contributed by atoms with E-state index in [1.165, 1.54) is 6.07 Å². The Morgan fingerprint density at radius 1 is 1.26 bits per heavy atom. The number of amides is 1. The molecule has 1 aromatic heterocycles. The maximum Gasteiger partial charge on any atom is 0.410 e. The van der Waals surface area contributed by atoms with Gasteiger partial charge in [-0.3, -0.25) is 0 Å². The number of pyridine rings is 1. The van der Waals surface area contributed by atoms with Crippen molar-refractivity contribution in [1.29, 1.82) is 0 Å². The number of aromatic nitrogens is 1. The number of nitrogens with zero attached hydrogens (tertiary/aromatic N) is 3. The number of fused-ring (bicyclic) bond motifs is 1. The van der Waals surface area contributed by atoms with Gasteiger partial charge in [-0.25, -0.2) is 14.2 Å². The SMILES string of the molecule is COCC1CN(C(=O)OC(C)(C)C)CCN1c1nccc2c(F)cccc12. The molecule has 1 fully saturated rings. The molecule has 6 nitrogen and oxygen atoms in total. The molecule has 0 aliphatic carbocycles. The normalized spacial score (nSPS) is 18.0. The maximum atomic E-state index is 14.2. The first kappa shape index (κ1) is 19.4. The molecular formula is C20H26FN3O3. The molecule has 1 atom stereocenters. The summed E-state index contributed by atoms with van der Waals surface area (Å²) in [4.78, 5) is 20.7. The lowest BCUT2D eigenvalue weighted by Gasteiger charge is -2.42. The zero-order valence-electron chi connectivity index (χ0n) is 16.2. The molecule has 0 radical (unpaired) electrons. The van der Waals surface area contributed by atoms with E-state index in [9.17, 15) is 9.18 Å². The highest BCUT2D eigenvalue weighted by Gasteiger charge is 2.33. The number of hydrogen-bond donors (Lipinski definition) is 0. The summed E-state index contributed by atoms with van der Waals surface area (Å²) in [5.74, 6) is 0.435. The Hall–Kier alpha value is -2.41. The summed E-state index contributed by atoms with van der Waals surface area (Å²) in [6.45, 7) is 7.49. The molecule has 0 N–H and O–H groups in total. The summed E-state index contributed by atoms with van der Waals surface area (Å²) in [6, 6.07) is 6.57. The summed E-state index contributed by atoms with van der Waals surface area (Å²) < 4.78 is 25.0. The van der Waals surface area contributed by atoms with E-state index in [1.807, 2.05) is 26.8 Å². The standard InChI is InChI=1S/C20H26FN3O3/c1-20(2,3)27-19(25)23-10-11-24(14(12-23)13-26-4)18-16-6-5-7-17(21)15(16)8-9-22-18/h5-9,14H,10-13H2,1-4H3. The Bertz CT molecular complexity index is 822. The molecule has 1 unspecified atom stereocenters. The van der Waals surface area contributed by atoms with Crippen LogP contribution in [-0.2, 0) is 9.47 Å². The van der Waals surface area contributed by atoms with Gasteiger partial charge in [-0.15, -0.1) is 0 Å². The minimum atomic E-state index is -0.542. The lowest BCUT2D eigenvalue weighted by molar-refractivity contribution is 0.0186. The van der Waals surface area contributed by atoms with Crippen LogP contribution in [0.15, 0.2) is 30.5 Å². The molecule has 1 aromatic carbocycles. The van der Waals surface area contributed by atoms with Crippen LogP contribution in [0.4, 0.5) is 15.0 Å². The highest BCUT2D eigenvalue weighted by Crippen LogP contribution is 2.29. The maximum absolute atomic E-state index is 14.2. The molecule has 1 saturated heterocycles. The number of benzene rings is 1. The van der Waals surface area contributed by atoms with Crippen LogP contribution in [0, 0.1) is 5.82 Å². The topological polar surface area (TPSA) is 54.9 Å². The first-order chi connectivity index (χ1) is 12.8. The highest BCUT2D eigenvalue weighted by atomic mass is 19.1. The third kappa shape index (κ3) is 4.30. The molecule has 2 aromatic rings. The van der Waals surface area contributed by atoms with Gasteiger partial charge in [-0.2, -0.15) is 0 Å². The third-order valence-electron chi connectivity index (χ3n) is 4.50. The number of carbonyl (C=O) groups excluding carboxylic acids is 1. The molecule has 1 amide bonds. The molecule has 27 heavy (non-hydrogen) atoms.